The van der Waals surface area contributed by atoms with E-state index in [0.29, 0.717) is 6.04 Å². The summed E-state index contributed by atoms with van der Waals surface area (Å²) in [6.07, 6.45) is 4.63. The minimum Gasteiger partial charge on any atom is -0.481 e. The fraction of sp³-hybridized carbons (Fsp3) is 0.583. The maximum Gasteiger partial charge on any atom is 0.308 e. The highest BCUT2D eigenvalue weighted by Crippen LogP contribution is 2.42. The van der Waals surface area contributed by atoms with Gasteiger partial charge in [0.2, 0.25) is 0 Å². The predicted molar refractivity (Wildman–Crippen MR) is 56.8 cm³/mol. The Labute approximate surface area is 93.8 Å². The summed E-state index contributed by atoms with van der Waals surface area (Å²) >= 11 is 0. The second-order valence-electron chi connectivity index (χ2n) is 4.73. The molecule has 4 nitrogen and oxygen atoms in total. The highest BCUT2D eigenvalue weighted by atomic mass is 16.4. The molecule has 0 saturated carbocycles. The standard InChI is InChI=1S/C12H15NO3/c14-12(15)10-6-8-3-4-11(10)13(8)7-9-2-1-5-16-9/h1-2,5,8,10-11H,3-4,6-7H2,(H,14,15). The monoisotopic (exact) mass is 221 g/mol. The third-order valence-corrected chi connectivity index (χ3v) is 3.92. The van der Waals surface area contributed by atoms with E-state index in [2.05, 4.69) is 4.90 Å². The Morgan fingerprint density at radius 2 is 2.44 bits per heavy atom. The van der Waals surface area contributed by atoms with Crippen LogP contribution in [0.15, 0.2) is 22.8 Å². The molecule has 2 aliphatic heterocycles. The van der Waals surface area contributed by atoms with Gasteiger partial charge in [-0.3, -0.25) is 9.69 Å². The molecular weight excluding hydrogens is 206 g/mol. The van der Waals surface area contributed by atoms with Gasteiger partial charge in [0.1, 0.15) is 5.76 Å². The Kier molecular flexibility index (Phi) is 2.24. The molecular formula is C12H15NO3. The summed E-state index contributed by atoms with van der Waals surface area (Å²) in [5.74, 6) is 0.119. The number of carbonyl (C=O) groups is 1. The van der Waals surface area contributed by atoms with Gasteiger partial charge in [-0.05, 0) is 31.4 Å². The van der Waals surface area contributed by atoms with Gasteiger partial charge in [-0.1, -0.05) is 0 Å². The summed E-state index contributed by atoms with van der Waals surface area (Å²) in [7, 11) is 0. The minimum atomic E-state index is -0.642. The van der Waals surface area contributed by atoms with Crippen LogP contribution < -0.4 is 0 Å². The van der Waals surface area contributed by atoms with Gasteiger partial charge in [0.05, 0.1) is 18.7 Å². The first-order chi connectivity index (χ1) is 7.75. The van der Waals surface area contributed by atoms with E-state index in [1.54, 1.807) is 6.26 Å². The number of carboxylic acids is 1. The van der Waals surface area contributed by atoms with Gasteiger partial charge in [-0.2, -0.15) is 0 Å². The molecule has 3 heterocycles. The summed E-state index contributed by atoms with van der Waals surface area (Å²) in [4.78, 5) is 13.4. The molecule has 3 rings (SSSR count). The lowest BCUT2D eigenvalue weighted by Crippen LogP contribution is -2.32. The zero-order valence-electron chi connectivity index (χ0n) is 9.00. The molecule has 1 aromatic rings. The molecule has 3 atom stereocenters. The fourth-order valence-corrected chi connectivity index (χ4v) is 3.20. The van der Waals surface area contributed by atoms with Crippen LogP contribution in [0.1, 0.15) is 25.0 Å². The molecule has 0 aliphatic carbocycles. The van der Waals surface area contributed by atoms with Crippen molar-refractivity contribution in [3.63, 3.8) is 0 Å². The molecule has 2 fully saturated rings. The average Bonchev–Trinajstić information content (AvgIpc) is 2.96. The second kappa shape index (κ2) is 3.63. The topological polar surface area (TPSA) is 53.7 Å². The molecule has 86 valence electrons. The number of rotatable bonds is 3. The summed E-state index contributed by atoms with van der Waals surface area (Å²) in [6, 6.07) is 4.49. The first-order valence-electron chi connectivity index (χ1n) is 5.76. The van der Waals surface area contributed by atoms with Crippen molar-refractivity contribution in [1.29, 1.82) is 0 Å². The smallest absolute Gasteiger partial charge is 0.308 e. The van der Waals surface area contributed by atoms with Crippen LogP contribution >= 0.6 is 0 Å². The van der Waals surface area contributed by atoms with Crippen LogP contribution in [0.4, 0.5) is 0 Å². The number of hydrogen-bond donors (Lipinski definition) is 1. The maximum atomic E-state index is 11.1. The Morgan fingerprint density at radius 1 is 1.56 bits per heavy atom. The quantitative estimate of drug-likeness (QED) is 0.844. The van der Waals surface area contributed by atoms with E-state index < -0.39 is 5.97 Å². The zero-order chi connectivity index (χ0) is 11.1. The lowest BCUT2D eigenvalue weighted by atomic mass is 9.89. The lowest BCUT2D eigenvalue weighted by molar-refractivity contribution is -0.142. The molecule has 1 N–H and O–H groups in total. The van der Waals surface area contributed by atoms with Crippen molar-refractivity contribution in [2.24, 2.45) is 5.92 Å². The molecule has 4 heteroatoms. The first-order valence-corrected chi connectivity index (χ1v) is 5.76. The number of hydrogen-bond acceptors (Lipinski definition) is 3. The van der Waals surface area contributed by atoms with Crippen LogP contribution in [0.25, 0.3) is 0 Å². The Bertz CT molecular complexity index is 387. The van der Waals surface area contributed by atoms with E-state index in [1.165, 1.54) is 0 Å². The Morgan fingerprint density at radius 3 is 3.06 bits per heavy atom. The highest BCUT2D eigenvalue weighted by molar-refractivity contribution is 5.71. The van der Waals surface area contributed by atoms with E-state index in [-0.39, 0.29) is 12.0 Å². The minimum absolute atomic E-state index is 0.172. The summed E-state index contributed by atoms with van der Waals surface area (Å²) in [5, 5.41) is 9.13. The summed E-state index contributed by atoms with van der Waals surface area (Å²) < 4.78 is 5.33. The molecule has 2 saturated heterocycles. The van der Waals surface area contributed by atoms with E-state index in [0.717, 1.165) is 31.6 Å². The highest BCUT2D eigenvalue weighted by Gasteiger charge is 2.49. The van der Waals surface area contributed by atoms with E-state index in [4.69, 9.17) is 9.52 Å². The van der Waals surface area contributed by atoms with Gasteiger partial charge in [0, 0.05) is 12.1 Å². The largest absolute Gasteiger partial charge is 0.481 e. The molecule has 16 heavy (non-hydrogen) atoms. The molecule has 2 bridgehead atoms. The number of aliphatic carboxylic acids is 1. The van der Waals surface area contributed by atoms with Gasteiger partial charge in [-0.25, -0.2) is 0 Å². The lowest BCUT2D eigenvalue weighted by Gasteiger charge is -2.21. The van der Waals surface area contributed by atoms with Crippen molar-refractivity contribution in [3.05, 3.63) is 24.2 Å². The molecule has 0 amide bonds. The summed E-state index contributed by atoms with van der Waals surface area (Å²) in [5.41, 5.74) is 0. The molecule has 1 aromatic heterocycles. The average molecular weight is 221 g/mol. The SMILES string of the molecule is O=C(O)C1CC2CCC1N2Cc1ccco1. The molecule has 0 aromatic carbocycles. The van der Waals surface area contributed by atoms with Crippen molar-refractivity contribution >= 4 is 5.97 Å². The maximum absolute atomic E-state index is 11.1. The Balaban J connectivity index is 1.75. The third kappa shape index (κ3) is 1.45. The van der Waals surface area contributed by atoms with Crippen LogP contribution in [0, 0.1) is 5.92 Å². The first kappa shape index (κ1) is 9.90. The molecule has 0 spiro atoms. The Hall–Kier alpha value is -1.29. The van der Waals surface area contributed by atoms with Gasteiger partial charge in [0.15, 0.2) is 0 Å². The second-order valence-corrected chi connectivity index (χ2v) is 4.73. The van der Waals surface area contributed by atoms with Crippen LogP contribution in [0.3, 0.4) is 0 Å². The predicted octanol–water partition coefficient (Wildman–Crippen LogP) is 1.72. The van der Waals surface area contributed by atoms with Crippen LogP contribution in [0.5, 0.6) is 0 Å². The van der Waals surface area contributed by atoms with Crippen LogP contribution in [-0.2, 0) is 11.3 Å². The van der Waals surface area contributed by atoms with E-state index >= 15 is 0 Å². The number of carboxylic acid groups (broad SMARTS) is 1. The molecule has 0 radical (unpaired) electrons. The summed E-state index contributed by atoms with van der Waals surface area (Å²) in [6.45, 7) is 0.756. The van der Waals surface area contributed by atoms with Gasteiger partial charge in [0.25, 0.3) is 0 Å². The van der Waals surface area contributed by atoms with E-state index in [9.17, 15) is 4.79 Å². The fourth-order valence-electron chi connectivity index (χ4n) is 3.20. The zero-order valence-corrected chi connectivity index (χ0v) is 9.00. The number of nitrogens with zero attached hydrogens (tertiary/aromatic N) is 1. The van der Waals surface area contributed by atoms with Crippen molar-refractivity contribution < 1.29 is 14.3 Å². The molecule has 2 aliphatic rings. The van der Waals surface area contributed by atoms with Crippen molar-refractivity contribution in [2.75, 3.05) is 0 Å². The number of fused-ring (bicyclic) bond motifs is 2. The van der Waals surface area contributed by atoms with Gasteiger partial charge in [-0.15, -0.1) is 0 Å². The van der Waals surface area contributed by atoms with Crippen molar-refractivity contribution in [2.45, 2.75) is 37.9 Å². The van der Waals surface area contributed by atoms with Gasteiger partial charge < -0.3 is 9.52 Å². The van der Waals surface area contributed by atoms with Crippen LogP contribution in [0.2, 0.25) is 0 Å². The third-order valence-electron chi connectivity index (χ3n) is 3.92. The van der Waals surface area contributed by atoms with E-state index in [1.807, 2.05) is 12.1 Å². The van der Waals surface area contributed by atoms with Crippen molar-refractivity contribution in [1.82, 2.24) is 4.90 Å². The normalized spacial score (nSPS) is 33.4. The van der Waals surface area contributed by atoms with Crippen molar-refractivity contribution in [3.8, 4) is 0 Å². The molecule has 3 unspecified atom stereocenters. The van der Waals surface area contributed by atoms with Gasteiger partial charge >= 0.3 is 5.97 Å². The number of furan rings is 1. The van der Waals surface area contributed by atoms with Crippen LogP contribution in [-0.4, -0.2) is 28.1 Å².